The normalized spacial score (nSPS) is 10.5. The molecule has 1 amide bonds. The van der Waals surface area contributed by atoms with Crippen molar-refractivity contribution in [2.24, 2.45) is 0 Å². The molecule has 0 bridgehead atoms. The quantitative estimate of drug-likeness (QED) is 0.718. The zero-order valence-corrected chi connectivity index (χ0v) is 15.4. The number of nitrogens with one attached hydrogen (secondary N) is 2. The maximum absolute atomic E-state index is 12.4. The molecule has 0 spiro atoms. The molecule has 5 nitrogen and oxygen atoms in total. The highest BCUT2D eigenvalue weighted by Crippen LogP contribution is 2.20. The van der Waals surface area contributed by atoms with E-state index in [4.69, 9.17) is 0 Å². The van der Waals surface area contributed by atoms with Crippen LogP contribution in [0.25, 0.3) is 0 Å². The number of anilines is 3. The number of aromatic nitrogens is 2. The second-order valence-corrected chi connectivity index (χ2v) is 6.44. The maximum atomic E-state index is 12.4. The van der Waals surface area contributed by atoms with Gasteiger partial charge in [-0.05, 0) is 56.5 Å². The fourth-order valence-electron chi connectivity index (χ4n) is 2.67. The Morgan fingerprint density at radius 2 is 1.62 bits per heavy atom. The van der Waals surface area contributed by atoms with Crippen LogP contribution in [0.3, 0.4) is 0 Å². The van der Waals surface area contributed by atoms with Crippen LogP contribution in [0, 0.1) is 27.7 Å². The summed E-state index contributed by atoms with van der Waals surface area (Å²) in [5, 5.41) is 6.09. The van der Waals surface area contributed by atoms with Gasteiger partial charge in [-0.3, -0.25) is 4.79 Å². The lowest BCUT2D eigenvalue weighted by molar-refractivity contribution is 0.102. The van der Waals surface area contributed by atoms with Gasteiger partial charge in [0.05, 0.1) is 5.56 Å². The lowest BCUT2D eigenvalue weighted by Gasteiger charge is -2.11. The van der Waals surface area contributed by atoms with E-state index in [1.807, 2.05) is 51.1 Å². The van der Waals surface area contributed by atoms with Crippen LogP contribution in [0.5, 0.6) is 0 Å². The van der Waals surface area contributed by atoms with Gasteiger partial charge in [0.1, 0.15) is 0 Å². The molecule has 0 aliphatic rings. The minimum absolute atomic E-state index is 0.225. The van der Waals surface area contributed by atoms with E-state index in [1.165, 1.54) is 18.0 Å². The zero-order valence-electron chi connectivity index (χ0n) is 15.4. The molecule has 0 atom stereocenters. The number of aryl methyl sites for hydroxylation is 3. The van der Waals surface area contributed by atoms with Crippen LogP contribution >= 0.6 is 0 Å². The van der Waals surface area contributed by atoms with Crippen molar-refractivity contribution in [3.63, 3.8) is 0 Å². The molecular formula is C21H22N4O. The van der Waals surface area contributed by atoms with Crippen LogP contribution in [0.2, 0.25) is 0 Å². The zero-order chi connectivity index (χ0) is 18.7. The second kappa shape index (κ2) is 7.35. The van der Waals surface area contributed by atoms with Crippen LogP contribution in [-0.2, 0) is 0 Å². The van der Waals surface area contributed by atoms with Crippen molar-refractivity contribution < 1.29 is 4.79 Å². The molecule has 132 valence electrons. The van der Waals surface area contributed by atoms with Gasteiger partial charge in [-0.2, -0.15) is 0 Å². The minimum Gasteiger partial charge on any atom is -0.324 e. The number of amides is 1. The molecular weight excluding hydrogens is 324 g/mol. The summed E-state index contributed by atoms with van der Waals surface area (Å²) in [5.41, 5.74) is 6.66. The summed E-state index contributed by atoms with van der Waals surface area (Å²) >= 11 is 0. The van der Waals surface area contributed by atoms with Crippen LogP contribution in [0.15, 0.2) is 48.8 Å². The number of hydrogen-bond acceptors (Lipinski definition) is 4. The van der Waals surface area contributed by atoms with Gasteiger partial charge in [0.15, 0.2) is 0 Å². The van der Waals surface area contributed by atoms with Crippen molar-refractivity contribution in [3.05, 3.63) is 76.6 Å². The predicted octanol–water partition coefficient (Wildman–Crippen LogP) is 4.71. The Morgan fingerprint density at radius 1 is 0.885 bits per heavy atom. The number of nitrogens with zero attached hydrogens (tertiary/aromatic N) is 2. The van der Waals surface area contributed by atoms with Gasteiger partial charge in [0.25, 0.3) is 5.91 Å². The molecule has 0 unspecified atom stereocenters. The molecule has 26 heavy (non-hydrogen) atoms. The minimum atomic E-state index is -0.225. The third-order valence-corrected chi connectivity index (χ3v) is 4.40. The number of hydrogen-bond donors (Lipinski definition) is 2. The molecule has 3 aromatic rings. The van der Waals surface area contributed by atoms with Crippen molar-refractivity contribution in [1.82, 2.24) is 9.97 Å². The molecule has 0 aliphatic carbocycles. The Kier molecular flexibility index (Phi) is 4.98. The lowest BCUT2D eigenvalue weighted by Crippen LogP contribution is -2.14. The molecule has 1 heterocycles. The van der Waals surface area contributed by atoms with E-state index in [2.05, 4.69) is 33.6 Å². The fourth-order valence-corrected chi connectivity index (χ4v) is 2.67. The summed E-state index contributed by atoms with van der Waals surface area (Å²) in [6, 6.07) is 11.9. The van der Waals surface area contributed by atoms with E-state index < -0.39 is 0 Å². The second-order valence-electron chi connectivity index (χ2n) is 6.44. The van der Waals surface area contributed by atoms with Crippen molar-refractivity contribution in [1.29, 1.82) is 0 Å². The van der Waals surface area contributed by atoms with Gasteiger partial charge in [-0.1, -0.05) is 29.8 Å². The molecule has 0 saturated heterocycles. The van der Waals surface area contributed by atoms with E-state index in [-0.39, 0.29) is 5.91 Å². The van der Waals surface area contributed by atoms with E-state index in [1.54, 1.807) is 0 Å². The largest absolute Gasteiger partial charge is 0.324 e. The number of carbonyl (C=O) groups excluding carboxylic acids is 1. The van der Waals surface area contributed by atoms with Gasteiger partial charge >= 0.3 is 0 Å². The van der Waals surface area contributed by atoms with E-state index in [0.717, 1.165) is 28.1 Å². The Bertz CT molecular complexity index is 949. The molecule has 2 aromatic carbocycles. The average Bonchev–Trinajstić information content (AvgIpc) is 2.62. The highest BCUT2D eigenvalue weighted by Gasteiger charge is 2.10. The van der Waals surface area contributed by atoms with Gasteiger partial charge in [-0.15, -0.1) is 0 Å². The van der Waals surface area contributed by atoms with Crippen LogP contribution in [0.4, 0.5) is 17.3 Å². The lowest BCUT2D eigenvalue weighted by atomic mass is 10.1. The van der Waals surface area contributed by atoms with Crippen LogP contribution in [0.1, 0.15) is 32.6 Å². The van der Waals surface area contributed by atoms with Crippen LogP contribution < -0.4 is 10.6 Å². The molecule has 0 aliphatic heterocycles. The summed E-state index contributed by atoms with van der Waals surface area (Å²) in [5.74, 6) is 0.233. The third kappa shape index (κ3) is 3.88. The summed E-state index contributed by atoms with van der Waals surface area (Å²) < 4.78 is 0. The SMILES string of the molecule is Cc1ccc(Nc2ncc(C(=O)Nc3cccc(C)c3C)cn2)c(C)c1. The standard InChI is InChI=1S/C21H22N4O/c1-13-8-9-18(15(3)10-13)25-21-22-11-17(12-23-21)20(26)24-19-7-5-6-14(2)16(19)4/h5-12H,1-4H3,(H,24,26)(H,22,23,25). The summed E-state index contributed by atoms with van der Waals surface area (Å²) in [7, 11) is 0. The number of benzene rings is 2. The smallest absolute Gasteiger partial charge is 0.258 e. The topological polar surface area (TPSA) is 66.9 Å². The highest BCUT2D eigenvalue weighted by atomic mass is 16.1. The Labute approximate surface area is 153 Å². The highest BCUT2D eigenvalue weighted by molar-refractivity contribution is 6.04. The maximum Gasteiger partial charge on any atom is 0.258 e. The van der Waals surface area contributed by atoms with Crippen molar-refractivity contribution in [2.75, 3.05) is 10.6 Å². The molecule has 3 rings (SSSR count). The molecule has 2 N–H and O–H groups in total. The number of rotatable bonds is 4. The monoisotopic (exact) mass is 346 g/mol. The Hall–Kier alpha value is -3.21. The summed E-state index contributed by atoms with van der Waals surface area (Å²) in [4.78, 5) is 20.9. The third-order valence-electron chi connectivity index (χ3n) is 4.40. The Balaban J connectivity index is 1.72. The Morgan fingerprint density at radius 3 is 2.31 bits per heavy atom. The fraction of sp³-hybridized carbons (Fsp3) is 0.190. The van der Waals surface area contributed by atoms with E-state index in [9.17, 15) is 4.79 Å². The van der Waals surface area contributed by atoms with Crippen molar-refractivity contribution in [2.45, 2.75) is 27.7 Å². The van der Waals surface area contributed by atoms with E-state index in [0.29, 0.717) is 11.5 Å². The summed E-state index contributed by atoms with van der Waals surface area (Å²) in [6.45, 7) is 8.08. The van der Waals surface area contributed by atoms with Gasteiger partial charge in [-0.25, -0.2) is 9.97 Å². The molecule has 5 heteroatoms. The number of carbonyl (C=O) groups is 1. The molecule has 1 aromatic heterocycles. The van der Waals surface area contributed by atoms with E-state index >= 15 is 0 Å². The summed E-state index contributed by atoms with van der Waals surface area (Å²) in [6.07, 6.45) is 3.05. The first kappa shape index (κ1) is 17.6. The first-order valence-electron chi connectivity index (χ1n) is 8.48. The van der Waals surface area contributed by atoms with Gasteiger partial charge in [0, 0.05) is 23.8 Å². The van der Waals surface area contributed by atoms with Gasteiger partial charge in [0.2, 0.25) is 5.95 Å². The molecule has 0 saturated carbocycles. The van der Waals surface area contributed by atoms with Crippen LogP contribution in [-0.4, -0.2) is 15.9 Å². The molecule has 0 fully saturated rings. The van der Waals surface area contributed by atoms with Gasteiger partial charge < -0.3 is 10.6 Å². The predicted molar refractivity (Wildman–Crippen MR) is 105 cm³/mol. The van der Waals surface area contributed by atoms with Crippen molar-refractivity contribution >= 4 is 23.2 Å². The molecule has 0 radical (unpaired) electrons. The first-order chi connectivity index (χ1) is 12.4. The van der Waals surface area contributed by atoms with Crippen molar-refractivity contribution in [3.8, 4) is 0 Å². The first-order valence-corrected chi connectivity index (χ1v) is 8.48. The average molecular weight is 346 g/mol.